The first-order valence-electron chi connectivity index (χ1n) is 9.94. The van der Waals surface area contributed by atoms with Crippen molar-refractivity contribution >= 4 is 38.1 Å². The van der Waals surface area contributed by atoms with Crippen molar-refractivity contribution in [1.29, 1.82) is 0 Å². The molecule has 2 aliphatic rings. The van der Waals surface area contributed by atoms with Crippen molar-refractivity contribution in [3.05, 3.63) is 34.8 Å². The van der Waals surface area contributed by atoms with Crippen molar-refractivity contribution in [1.82, 2.24) is 19.7 Å². The molecule has 1 amide bonds. The molecule has 158 valence electrons. The highest BCUT2D eigenvalue weighted by Crippen LogP contribution is 2.33. The minimum Gasteiger partial charge on any atom is -0.378 e. The molecule has 0 spiro atoms. The van der Waals surface area contributed by atoms with Crippen molar-refractivity contribution in [3.8, 4) is 10.6 Å². The SMILES string of the molecule is Cc1nn(C2CCS(=O)(=O)C2)c2nc(-c3cccs3)cc(C(=O)N3CCOCC3)c12. The van der Waals surface area contributed by atoms with E-state index in [0.29, 0.717) is 60.7 Å². The molecule has 1 atom stereocenters. The molecular weight excluding hydrogens is 424 g/mol. The van der Waals surface area contributed by atoms with Gasteiger partial charge >= 0.3 is 0 Å². The molecule has 10 heteroatoms. The number of rotatable bonds is 3. The number of carbonyl (C=O) groups is 1. The molecule has 2 aliphatic heterocycles. The van der Waals surface area contributed by atoms with E-state index in [-0.39, 0.29) is 23.5 Å². The van der Waals surface area contributed by atoms with E-state index in [1.807, 2.05) is 30.5 Å². The van der Waals surface area contributed by atoms with Gasteiger partial charge in [0.05, 0.1) is 58.0 Å². The fraction of sp³-hybridized carbons (Fsp3) is 0.450. The summed E-state index contributed by atoms with van der Waals surface area (Å²) in [5.41, 5.74) is 2.54. The summed E-state index contributed by atoms with van der Waals surface area (Å²) >= 11 is 1.55. The molecule has 0 N–H and O–H groups in total. The average molecular weight is 447 g/mol. The molecule has 0 aromatic carbocycles. The normalized spacial score (nSPS) is 21.4. The Hall–Kier alpha value is -2.30. The molecule has 8 nitrogen and oxygen atoms in total. The molecule has 5 rings (SSSR count). The summed E-state index contributed by atoms with van der Waals surface area (Å²) in [5.74, 6) is 0.147. The minimum absolute atomic E-state index is 0.0564. The lowest BCUT2D eigenvalue weighted by Gasteiger charge is -2.27. The van der Waals surface area contributed by atoms with E-state index >= 15 is 0 Å². The lowest BCUT2D eigenvalue weighted by atomic mass is 10.1. The molecule has 0 bridgehead atoms. The predicted molar refractivity (Wildman–Crippen MR) is 115 cm³/mol. The molecule has 2 saturated heterocycles. The molecule has 0 saturated carbocycles. The van der Waals surface area contributed by atoms with Crippen molar-refractivity contribution in [2.75, 3.05) is 37.8 Å². The summed E-state index contributed by atoms with van der Waals surface area (Å²) < 4.78 is 31.2. The number of hydrogen-bond donors (Lipinski definition) is 0. The van der Waals surface area contributed by atoms with Crippen molar-refractivity contribution < 1.29 is 17.9 Å². The summed E-state index contributed by atoms with van der Waals surface area (Å²) in [4.78, 5) is 21.0. The number of ether oxygens (including phenoxy) is 1. The Bertz CT molecular complexity index is 1210. The van der Waals surface area contributed by atoms with Crippen LogP contribution in [0.2, 0.25) is 0 Å². The van der Waals surface area contributed by atoms with Gasteiger partial charge in [0.1, 0.15) is 0 Å². The van der Waals surface area contributed by atoms with Crippen LogP contribution in [0, 0.1) is 6.92 Å². The van der Waals surface area contributed by atoms with E-state index in [1.165, 1.54) is 0 Å². The lowest BCUT2D eigenvalue weighted by Crippen LogP contribution is -2.40. The van der Waals surface area contributed by atoms with Gasteiger partial charge in [0, 0.05) is 13.1 Å². The molecule has 1 unspecified atom stereocenters. The number of aryl methyl sites for hydroxylation is 1. The number of nitrogens with zero attached hydrogens (tertiary/aromatic N) is 4. The fourth-order valence-corrected chi connectivity index (χ4v) is 6.57. The number of hydrogen-bond acceptors (Lipinski definition) is 7. The third-order valence-electron chi connectivity index (χ3n) is 5.69. The largest absolute Gasteiger partial charge is 0.378 e. The number of carbonyl (C=O) groups excluding carboxylic acids is 1. The third kappa shape index (κ3) is 3.42. The standard InChI is InChI=1S/C20H22N4O4S2/c1-13-18-15(20(25)23-5-7-28-8-6-23)11-16(17-3-2-9-29-17)21-19(18)24(22-13)14-4-10-30(26,27)12-14/h2-3,9,11,14H,4-8,10,12H2,1H3. The molecule has 2 fully saturated rings. The summed E-state index contributed by atoms with van der Waals surface area (Å²) in [6.07, 6.45) is 0.510. The second-order valence-corrected chi connectivity index (χ2v) is 10.9. The highest BCUT2D eigenvalue weighted by atomic mass is 32.2. The van der Waals surface area contributed by atoms with Crippen molar-refractivity contribution in [3.63, 3.8) is 0 Å². The quantitative estimate of drug-likeness (QED) is 0.613. The lowest BCUT2D eigenvalue weighted by molar-refractivity contribution is 0.0304. The Morgan fingerprint density at radius 3 is 2.77 bits per heavy atom. The van der Waals surface area contributed by atoms with Crippen LogP contribution in [0.5, 0.6) is 0 Å². The van der Waals surface area contributed by atoms with Gasteiger partial charge in [-0.25, -0.2) is 18.1 Å². The molecule has 3 aromatic rings. The predicted octanol–water partition coefficient (Wildman–Crippen LogP) is 2.30. The number of morpholine rings is 1. The summed E-state index contributed by atoms with van der Waals surface area (Å²) in [7, 11) is -3.08. The van der Waals surface area contributed by atoms with Gasteiger partial charge < -0.3 is 9.64 Å². The van der Waals surface area contributed by atoms with E-state index in [2.05, 4.69) is 5.10 Å². The maximum Gasteiger partial charge on any atom is 0.254 e. The number of pyridine rings is 1. The summed E-state index contributed by atoms with van der Waals surface area (Å²) in [6.45, 7) is 3.99. The van der Waals surface area contributed by atoms with Crippen LogP contribution in [0.1, 0.15) is 28.5 Å². The highest BCUT2D eigenvalue weighted by molar-refractivity contribution is 7.91. The Labute approximate surface area is 178 Å². The van der Waals surface area contributed by atoms with Crippen molar-refractivity contribution in [2.45, 2.75) is 19.4 Å². The second kappa shape index (κ2) is 7.44. The zero-order valence-electron chi connectivity index (χ0n) is 16.6. The Balaban J connectivity index is 1.69. The van der Waals surface area contributed by atoms with Crippen LogP contribution in [0.3, 0.4) is 0 Å². The molecule has 30 heavy (non-hydrogen) atoms. The summed E-state index contributed by atoms with van der Waals surface area (Å²) in [6, 6.07) is 5.50. The third-order valence-corrected chi connectivity index (χ3v) is 8.34. The first kappa shape index (κ1) is 19.7. The van der Waals surface area contributed by atoms with Crippen LogP contribution < -0.4 is 0 Å². The highest BCUT2D eigenvalue weighted by Gasteiger charge is 2.33. The van der Waals surface area contributed by atoms with Gasteiger partial charge in [-0.2, -0.15) is 5.10 Å². The van der Waals surface area contributed by atoms with Gasteiger partial charge in [-0.3, -0.25) is 4.79 Å². The van der Waals surface area contributed by atoms with Gasteiger partial charge in [-0.1, -0.05) is 6.07 Å². The second-order valence-electron chi connectivity index (χ2n) is 7.72. The van der Waals surface area contributed by atoms with Crippen LogP contribution in [0.25, 0.3) is 21.6 Å². The molecule has 3 aromatic heterocycles. The van der Waals surface area contributed by atoms with Gasteiger partial charge in [-0.15, -0.1) is 11.3 Å². The van der Waals surface area contributed by atoms with Gasteiger partial charge in [0.15, 0.2) is 15.5 Å². The van der Waals surface area contributed by atoms with E-state index in [1.54, 1.807) is 20.9 Å². The van der Waals surface area contributed by atoms with E-state index in [0.717, 1.165) is 4.88 Å². The van der Waals surface area contributed by atoms with Crippen LogP contribution in [-0.4, -0.2) is 71.8 Å². The number of thiophene rings is 1. The maximum absolute atomic E-state index is 13.4. The van der Waals surface area contributed by atoms with Gasteiger partial charge in [-0.05, 0) is 30.9 Å². The topological polar surface area (TPSA) is 94.4 Å². The van der Waals surface area contributed by atoms with Crippen molar-refractivity contribution in [2.24, 2.45) is 0 Å². The van der Waals surface area contributed by atoms with E-state index < -0.39 is 9.84 Å². The minimum atomic E-state index is -3.08. The maximum atomic E-state index is 13.4. The molecular formula is C20H22N4O4S2. The first-order chi connectivity index (χ1) is 14.4. The number of sulfone groups is 1. The molecule has 0 radical (unpaired) electrons. The van der Waals surface area contributed by atoms with Gasteiger partial charge in [0.25, 0.3) is 5.91 Å². The van der Waals surface area contributed by atoms with Crippen LogP contribution in [-0.2, 0) is 14.6 Å². The van der Waals surface area contributed by atoms with E-state index in [4.69, 9.17) is 9.72 Å². The molecule has 0 aliphatic carbocycles. The summed E-state index contributed by atoms with van der Waals surface area (Å²) in [5, 5.41) is 7.32. The van der Waals surface area contributed by atoms with Crippen LogP contribution in [0.15, 0.2) is 23.6 Å². The Morgan fingerprint density at radius 1 is 1.30 bits per heavy atom. The van der Waals surface area contributed by atoms with E-state index in [9.17, 15) is 13.2 Å². The smallest absolute Gasteiger partial charge is 0.254 e. The van der Waals surface area contributed by atoms with Gasteiger partial charge in [0.2, 0.25) is 0 Å². The number of fused-ring (bicyclic) bond motifs is 1. The fourth-order valence-electron chi connectivity index (χ4n) is 4.19. The van der Waals surface area contributed by atoms with Crippen LogP contribution in [0.4, 0.5) is 0 Å². The number of amides is 1. The zero-order chi connectivity index (χ0) is 20.9. The number of aromatic nitrogens is 3. The zero-order valence-corrected chi connectivity index (χ0v) is 18.2. The average Bonchev–Trinajstić information content (AvgIpc) is 3.47. The van der Waals surface area contributed by atoms with Crippen LogP contribution >= 0.6 is 11.3 Å². The Morgan fingerprint density at radius 2 is 2.10 bits per heavy atom. The first-order valence-corrected chi connectivity index (χ1v) is 12.6. The molecule has 5 heterocycles. The Kier molecular flexibility index (Phi) is 4.87. The monoisotopic (exact) mass is 446 g/mol.